The highest BCUT2D eigenvalue weighted by Gasteiger charge is 2.38. The number of aryl methyl sites for hydroxylation is 1. The van der Waals surface area contributed by atoms with Crippen LogP contribution in [0.4, 0.5) is 0 Å². The van der Waals surface area contributed by atoms with Gasteiger partial charge in [0.05, 0.1) is 14.2 Å². The van der Waals surface area contributed by atoms with Crippen LogP contribution in [-0.2, 0) is 11.2 Å². The summed E-state index contributed by atoms with van der Waals surface area (Å²) in [5, 5.41) is 3.27. The Labute approximate surface area is 169 Å². The summed E-state index contributed by atoms with van der Waals surface area (Å²) in [4.78, 5) is 15.3. The molecule has 0 radical (unpaired) electrons. The first kappa shape index (κ1) is 21.0. The van der Waals surface area contributed by atoms with E-state index >= 15 is 0 Å². The average Bonchev–Trinajstić information content (AvgIpc) is 2.77. The van der Waals surface area contributed by atoms with E-state index in [2.05, 4.69) is 10.2 Å². The molecule has 1 N–H and O–H groups in total. The van der Waals surface area contributed by atoms with Crippen molar-refractivity contribution in [3.8, 4) is 11.5 Å². The normalized spacial score (nSPS) is 19.8. The molecule has 1 aromatic carbocycles. The zero-order chi connectivity index (χ0) is 19.8. The van der Waals surface area contributed by atoms with Gasteiger partial charge in [-0.3, -0.25) is 9.69 Å². The number of nitrogens with zero attached hydrogens (tertiary/aromatic N) is 1. The third-order valence-electron chi connectivity index (χ3n) is 6.48. The molecule has 1 aliphatic carbocycles. The molecule has 1 amide bonds. The van der Waals surface area contributed by atoms with Crippen molar-refractivity contribution in [3.63, 3.8) is 0 Å². The van der Waals surface area contributed by atoms with Gasteiger partial charge in [-0.25, -0.2) is 0 Å². The first-order valence-electron chi connectivity index (χ1n) is 10.9. The molecule has 0 unspecified atom stereocenters. The Morgan fingerprint density at radius 1 is 0.964 bits per heavy atom. The summed E-state index contributed by atoms with van der Waals surface area (Å²) >= 11 is 0. The van der Waals surface area contributed by atoms with E-state index in [4.69, 9.17) is 9.47 Å². The number of nitrogens with one attached hydrogen (secondary N) is 1. The Balaban J connectivity index is 1.55. The minimum atomic E-state index is 0.142. The van der Waals surface area contributed by atoms with Crippen LogP contribution in [-0.4, -0.2) is 50.2 Å². The highest BCUT2D eigenvalue weighted by Crippen LogP contribution is 2.35. The van der Waals surface area contributed by atoms with Gasteiger partial charge in [-0.15, -0.1) is 0 Å². The molecule has 0 bridgehead atoms. The van der Waals surface area contributed by atoms with E-state index in [0.717, 1.165) is 23.6 Å². The molecular formula is C23H36N2O3. The molecule has 28 heavy (non-hydrogen) atoms. The highest BCUT2D eigenvalue weighted by molar-refractivity contribution is 5.76. The van der Waals surface area contributed by atoms with Crippen LogP contribution in [0.3, 0.4) is 0 Å². The first-order valence-corrected chi connectivity index (χ1v) is 10.9. The molecule has 5 heteroatoms. The number of carbonyl (C=O) groups is 1. The molecule has 2 fully saturated rings. The highest BCUT2D eigenvalue weighted by atomic mass is 16.5. The molecule has 1 saturated carbocycles. The van der Waals surface area contributed by atoms with E-state index in [9.17, 15) is 4.79 Å². The summed E-state index contributed by atoms with van der Waals surface area (Å²) in [5.74, 6) is 1.67. The quantitative estimate of drug-likeness (QED) is 0.733. The number of rotatable bonds is 8. The summed E-state index contributed by atoms with van der Waals surface area (Å²) in [7, 11) is 3.30. The molecule has 1 aliphatic heterocycles. The van der Waals surface area contributed by atoms with Crippen LogP contribution < -0.4 is 14.8 Å². The lowest BCUT2D eigenvalue weighted by atomic mass is 9.79. The van der Waals surface area contributed by atoms with Crippen molar-refractivity contribution >= 4 is 5.91 Å². The van der Waals surface area contributed by atoms with E-state index in [1.54, 1.807) is 14.2 Å². The van der Waals surface area contributed by atoms with Gasteiger partial charge in [-0.05, 0) is 62.9 Å². The van der Waals surface area contributed by atoms with Gasteiger partial charge in [0.1, 0.15) is 11.5 Å². The zero-order valence-corrected chi connectivity index (χ0v) is 17.6. The van der Waals surface area contributed by atoms with Gasteiger partial charge in [-0.2, -0.15) is 0 Å². The van der Waals surface area contributed by atoms with Crippen LogP contribution in [0.5, 0.6) is 11.5 Å². The number of piperidine rings is 1. The number of likely N-dealkylation sites (tertiary alicyclic amines) is 1. The van der Waals surface area contributed by atoms with Crippen LogP contribution in [0.2, 0.25) is 0 Å². The second-order valence-electron chi connectivity index (χ2n) is 8.33. The fourth-order valence-electron chi connectivity index (χ4n) is 4.80. The number of methoxy groups -OCH3 is 2. The van der Waals surface area contributed by atoms with Crippen LogP contribution in [0.15, 0.2) is 18.2 Å². The Morgan fingerprint density at radius 3 is 2.18 bits per heavy atom. The Hall–Kier alpha value is -1.75. The lowest BCUT2D eigenvalue weighted by Gasteiger charge is -2.48. The smallest absolute Gasteiger partial charge is 0.220 e. The van der Waals surface area contributed by atoms with E-state index in [0.29, 0.717) is 12.8 Å². The average molecular weight is 389 g/mol. The molecule has 1 aromatic rings. The Bertz CT molecular complexity index is 612. The molecule has 5 nitrogen and oxygen atoms in total. The number of hydrogen-bond donors (Lipinski definition) is 1. The number of carbonyl (C=O) groups excluding carboxylic acids is 1. The molecule has 0 aromatic heterocycles. The van der Waals surface area contributed by atoms with Crippen LogP contribution in [0.25, 0.3) is 0 Å². The van der Waals surface area contributed by atoms with Gasteiger partial charge in [0.2, 0.25) is 5.91 Å². The van der Waals surface area contributed by atoms with E-state index in [1.165, 1.54) is 64.5 Å². The van der Waals surface area contributed by atoms with E-state index in [-0.39, 0.29) is 11.4 Å². The summed E-state index contributed by atoms with van der Waals surface area (Å²) in [5.41, 5.74) is 1.25. The van der Waals surface area contributed by atoms with E-state index < -0.39 is 0 Å². The number of amides is 1. The maximum Gasteiger partial charge on any atom is 0.220 e. The Kier molecular flexibility index (Phi) is 7.60. The second-order valence-corrected chi connectivity index (χ2v) is 8.33. The van der Waals surface area contributed by atoms with E-state index in [1.807, 2.05) is 18.2 Å². The molecule has 2 aliphatic rings. The molecule has 0 atom stereocenters. The number of ether oxygens (including phenoxy) is 2. The maximum atomic E-state index is 12.6. The fraction of sp³-hybridized carbons (Fsp3) is 0.696. The number of hydrogen-bond acceptors (Lipinski definition) is 4. The van der Waals surface area contributed by atoms with Gasteiger partial charge in [0, 0.05) is 24.6 Å². The van der Waals surface area contributed by atoms with Crippen molar-refractivity contribution < 1.29 is 14.3 Å². The Morgan fingerprint density at radius 2 is 1.57 bits per heavy atom. The van der Waals surface area contributed by atoms with Crippen molar-refractivity contribution in [2.24, 2.45) is 0 Å². The first-order chi connectivity index (χ1) is 13.6. The van der Waals surface area contributed by atoms with Crippen molar-refractivity contribution in [3.05, 3.63) is 23.8 Å². The molecular weight excluding hydrogens is 352 g/mol. The van der Waals surface area contributed by atoms with Crippen molar-refractivity contribution in [2.45, 2.75) is 69.7 Å². The van der Waals surface area contributed by atoms with Gasteiger partial charge in [0.15, 0.2) is 0 Å². The maximum absolute atomic E-state index is 12.6. The van der Waals surface area contributed by atoms with Gasteiger partial charge in [0.25, 0.3) is 0 Å². The van der Waals surface area contributed by atoms with Gasteiger partial charge < -0.3 is 14.8 Å². The zero-order valence-electron chi connectivity index (χ0n) is 17.6. The fourth-order valence-corrected chi connectivity index (χ4v) is 4.80. The minimum Gasteiger partial charge on any atom is -0.497 e. The van der Waals surface area contributed by atoms with Crippen molar-refractivity contribution in [1.29, 1.82) is 0 Å². The molecule has 0 spiro atoms. The van der Waals surface area contributed by atoms with Crippen molar-refractivity contribution in [1.82, 2.24) is 10.2 Å². The van der Waals surface area contributed by atoms with Crippen LogP contribution in [0.1, 0.15) is 63.4 Å². The summed E-state index contributed by atoms with van der Waals surface area (Å²) in [6, 6.07) is 5.81. The van der Waals surface area contributed by atoms with Gasteiger partial charge in [-0.1, -0.05) is 25.7 Å². The van der Waals surface area contributed by atoms with Crippen LogP contribution >= 0.6 is 0 Å². The molecule has 1 heterocycles. The van der Waals surface area contributed by atoms with Crippen LogP contribution in [0, 0.1) is 0 Å². The third kappa shape index (κ3) is 5.40. The number of benzene rings is 1. The molecule has 3 rings (SSSR count). The lowest BCUT2D eigenvalue weighted by Crippen LogP contribution is -2.58. The topological polar surface area (TPSA) is 50.8 Å². The predicted molar refractivity (Wildman–Crippen MR) is 112 cm³/mol. The SMILES string of the molecule is COc1cc(CCC(=O)NCC2(N3CCCCC3)CCCCC2)cc(OC)c1. The standard InChI is InChI=1S/C23H36N2O3/c1-27-20-15-19(16-21(17-20)28-2)9-10-22(26)24-18-23(11-5-3-6-12-23)25-13-7-4-8-14-25/h15-17H,3-14,18H2,1-2H3,(H,24,26). The minimum absolute atomic E-state index is 0.142. The molecule has 156 valence electrons. The lowest BCUT2D eigenvalue weighted by molar-refractivity contribution is -0.122. The van der Waals surface area contributed by atoms with Crippen molar-refractivity contribution in [2.75, 3.05) is 33.9 Å². The molecule has 1 saturated heterocycles. The second kappa shape index (κ2) is 10.1. The summed E-state index contributed by atoms with van der Waals surface area (Å²) in [6.07, 6.45) is 11.5. The monoisotopic (exact) mass is 388 g/mol. The van der Waals surface area contributed by atoms with Gasteiger partial charge >= 0.3 is 0 Å². The predicted octanol–water partition coefficient (Wildman–Crippen LogP) is 3.94. The third-order valence-corrected chi connectivity index (χ3v) is 6.48. The summed E-state index contributed by atoms with van der Waals surface area (Å²) in [6.45, 7) is 3.19. The largest absolute Gasteiger partial charge is 0.497 e. The summed E-state index contributed by atoms with van der Waals surface area (Å²) < 4.78 is 10.7.